The molecule has 0 bridgehead atoms. The molecule has 0 aromatic heterocycles. The maximum absolute atomic E-state index is 10.1. The van der Waals surface area contributed by atoms with Crippen molar-refractivity contribution in [2.45, 2.75) is 12.7 Å². The van der Waals surface area contributed by atoms with Gasteiger partial charge < -0.3 is 9.53 Å². The van der Waals surface area contributed by atoms with E-state index in [1.54, 1.807) is 0 Å². The van der Waals surface area contributed by atoms with Crippen LogP contribution in [-0.4, -0.2) is 12.4 Å². The number of rotatable bonds is 4. The zero-order chi connectivity index (χ0) is 8.81. The fourth-order valence-electron chi connectivity index (χ4n) is 0.817. The molecular formula is C10H11O2. The Kier molecular flexibility index (Phi) is 3.48. The van der Waals surface area contributed by atoms with Crippen molar-refractivity contribution < 1.29 is 9.53 Å². The molecule has 2 nitrogen and oxygen atoms in total. The highest BCUT2D eigenvalue weighted by molar-refractivity contribution is 5.56. The van der Waals surface area contributed by atoms with Gasteiger partial charge in [0.15, 0.2) is 0 Å². The van der Waals surface area contributed by atoms with Crippen LogP contribution < -0.4 is 0 Å². The topological polar surface area (TPSA) is 26.3 Å². The van der Waals surface area contributed by atoms with Crippen LogP contribution in [0.2, 0.25) is 0 Å². The fourth-order valence-corrected chi connectivity index (χ4v) is 0.817. The molecule has 0 aliphatic carbocycles. The predicted molar refractivity (Wildman–Crippen MR) is 46.4 cm³/mol. The molecule has 63 valence electrons. The third-order valence-corrected chi connectivity index (χ3v) is 1.46. The second-order valence-corrected chi connectivity index (χ2v) is 2.47. The molecule has 12 heavy (non-hydrogen) atoms. The quantitative estimate of drug-likeness (QED) is 0.630. The molecule has 0 fully saturated rings. The normalized spacial score (nSPS) is 12.4. The third-order valence-electron chi connectivity index (χ3n) is 1.46. The first-order valence-electron chi connectivity index (χ1n) is 3.77. The summed E-state index contributed by atoms with van der Waals surface area (Å²) < 4.78 is 5.10. The average Bonchev–Trinajstić information content (AvgIpc) is 2.16. The number of aldehydes is 1. The molecular weight excluding hydrogens is 152 g/mol. The summed E-state index contributed by atoms with van der Waals surface area (Å²) in [5, 5.41) is 0. The summed E-state index contributed by atoms with van der Waals surface area (Å²) in [5.41, 5.74) is 1.05. The summed E-state index contributed by atoms with van der Waals surface area (Å²) >= 11 is 0. The summed E-state index contributed by atoms with van der Waals surface area (Å²) in [6.45, 7) is 3.92. The number of hydrogen-bond donors (Lipinski definition) is 0. The largest absolute Gasteiger partial charge is 0.366 e. The molecule has 1 atom stereocenters. The second-order valence-electron chi connectivity index (χ2n) is 2.47. The molecule has 1 unspecified atom stereocenters. The minimum absolute atomic E-state index is 0.438. The molecule has 0 amide bonds. The lowest BCUT2D eigenvalue weighted by atomic mass is 10.2. The van der Waals surface area contributed by atoms with Gasteiger partial charge in [0.2, 0.25) is 0 Å². The molecule has 0 saturated heterocycles. The summed E-state index contributed by atoms with van der Waals surface area (Å²) in [6.07, 6.45) is 0.119. The number of ether oxygens (including phenoxy) is 1. The lowest BCUT2D eigenvalue weighted by molar-refractivity contribution is -0.116. The van der Waals surface area contributed by atoms with E-state index < -0.39 is 6.10 Å². The van der Waals surface area contributed by atoms with E-state index in [4.69, 9.17) is 4.74 Å². The van der Waals surface area contributed by atoms with Crippen LogP contribution in [0.1, 0.15) is 5.56 Å². The molecule has 0 heterocycles. The first kappa shape index (κ1) is 8.94. The number of carbonyl (C=O) groups excluding carboxylic acids is 1. The molecule has 0 N–H and O–H groups in total. The van der Waals surface area contributed by atoms with Crippen LogP contribution in [0.4, 0.5) is 0 Å². The molecule has 0 aliphatic heterocycles. The molecule has 1 rings (SSSR count). The van der Waals surface area contributed by atoms with E-state index in [0.29, 0.717) is 12.9 Å². The van der Waals surface area contributed by atoms with Gasteiger partial charge in [0, 0.05) is 0 Å². The van der Waals surface area contributed by atoms with Crippen molar-refractivity contribution in [2.24, 2.45) is 0 Å². The van der Waals surface area contributed by atoms with Crippen molar-refractivity contribution in [1.82, 2.24) is 0 Å². The summed E-state index contributed by atoms with van der Waals surface area (Å²) in [4.78, 5) is 10.1. The van der Waals surface area contributed by atoms with Crippen LogP contribution in [0.25, 0.3) is 0 Å². The van der Waals surface area contributed by atoms with Crippen molar-refractivity contribution >= 4 is 6.29 Å². The lowest BCUT2D eigenvalue weighted by Gasteiger charge is -2.05. The van der Waals surface area contributed by atoms with E-state index in [1.165, 1.54) is 0 Å². The van der Waals surface area contributed by atoms with E-state index in [1.807, 2.05) is 30.3 Å². The van der Waals surface area contributed by atoms with Gasteiger partial charge in [0.05, 0.1) is 6.61 Å². The van der Waals surface area contributed by atoms with Gasteiger partial charge in [-0.05, 0) is 12.5 Å². The highest BCUT2D eigenvalue weighted by atomic mass is 16.5. The van der Waals surface area contributed by atoms with Crippen molar-refractivity contribution in [2.75, 3.05) is 0 Å². The first-order chi connectivity index (χ1) is 5.83. The predicted octanol–water partition coefficient (Wildman–Crippen LogP) is 1.60. The Bertz CT molecular complexity index is 231. The Morgan fingerprint density at radius 3 is 2.67 bits per heavy atom. The number of benzene rings is 1. The zero-order valence-corrected chi connectivity index (χ0v) is 6.77. The Balaban J connectivity index is 2.38. The summed E-state index contributed by atoms with van der Waals surface area (Å²) in [7, 11) is 0. The zero-order valence-electron chi connectivity index (χ0n) is 6.77. The molecule has 0 aliphatic rings. The number of hydrogen-bond acceptors (Lipinski definition) is 2. The van der Waals surface area contributed by atoms with Gasteiger partial charge in [0.25, 0.3) is 0 Å². The van der Waals surface area contributed by atoms with Crippen LogP contribution >= 0.6 is 0 Å². The van der Waals surface area contributed by atoms with Crippen LogP contribution in [0.5, 0.6) is 0 Å². The minimum Gasteiger partial charge on any atom is -0.366 e. The molecule has 1 aromatic rings. The molecule has 0 spiro atoms. The Morgan fingerprint density at radius 2 is 2.08 bits per heavy atom. The molecule has 1 radical (unpaired) electrons. The van der Waals surface area contributed by atoms with Crippen LogP contribution in [0, 0.1) is 6.92 Å². The molecule has 1 aromatic carbocycles. The van der Waals surface area contributed by atoms with Gasteiger partial charge in [-0.3, -0.25) is 0 Å². The van der Waals surface area contributed by atoms with Gasteiger partial charge in [-0.1, -0.05) is 30.3 Å². The van der Waals surface area contributed by atoms with Gasteiger partial charge in [-0.25, -0.2) is 0 Å². The standard InChI is InChI=1S/C10H11O2/c1-9(7-11)12-8-10-5-3-2-4-6-10/h2-7,9H,1,8H2. The highest BCUT2D eigenvalue weighted by Crippen LogP contribution is 2.01. The smallest absolute Gasteiger partial charge is 0.148 e. The van der Waals surface area contributed by atoms with Crippen molar-refractivity contribution in [3.8, 4) is 0 Å². The second kappa shape index (κ2) is 4.67. The Labute approximate surface area is 72.2 Å². The van der Waals surface area contributed by atoms with Crippen molar-refractivity contribution in [1.29, 1.82) is 0 Å². The Morgan fingerprint density at radius 1 is 1.42 bits per heavy atom. The SMILES string of the molecule is [CH2]C(C=O)OCc1ccccc1. The van der Waals surface area contributed by atoms with Crippen LogP contribution in [0.3, 0.4) is 0 Å². The van der Waals surface area contributed by atoms with E-state index >= 15 is 0 Å². The van der Waals surface area contributed by atoms with E-state index in [0.717, 1.165) is 5.56 Å². The minimum atomic E-state index is -0.565. The van der Waals surface area contributed by atoms with E-state index in [-0.39, 0.29) is 0 Å². The van der Waals surface area contributed by atoms with Gasteiger partial charge >= 0.3 is 0 Å². The van der Waals surface area contributed by atoms with E-state index in [9.17, 15) is 4.79 Å². The first-order valence-corrected chi connectivity index (χ1v) is 3.77. The summed E-state index contributed by atoms with van der Waals surface area (Å²) in [5.74, 6) is 0. The summed E-state index contributed by atoms with van der Waals surface area (Å²) in [6, 6.07) is 9.68. The molecule has 2 heteroatoms. The van der Waals surface area contributed by atoms with Crippen LogP contribution in [0.15, 0.2) is 30.3 Å². The maximum atomic E-state index is 10.1. The monoisotopic (exact) mass is 163 g/mol. The molecule has 0 saturated carbocycles. The Hall–Kier alpha value is -1.15. The van der Waals surface area contributed by atoms with Crippen molar-refractivity contribution in [3.63, 3.8) is 0 Å². The van der Waals surface area contributed by atoms with Gasteiger partial charge in [-0.2, -0.15) is 0 Å². The third kappa shape index (κ3) is 2.84. The highest BCUT2D eigenvalue weighted by Gasteiger charge is 1.98. The van der Waals surface area contributed by atoms with Crippen molar-refractivity contribution in [3.05, 3.63) is 42.8 Å². The number of carbonyl (C=O) groups is 1. The lowest BCUT2D eigenvalue weighted by Crippen LogP contribution is -2.09. The fraction of sp³-hybridized carbons (Fsp3) is 0.200. The maximum Gasteiger partial charge on any atom is 0.148 e. The van der Waals surface area contributed by atoms with Crippen LogP contribution in [-0.2, 0) is 16.1 Å². The van der Waals surface area contributed by atoms with Gasteiger partial charge in [0.1, 0.15) is 12.4 Å². The van der Waals surface area contributed by atoms with Gasteiger partial charge in [-0.15, -0.1) is 0 Å². The van der Waals surface area contributed by atoms with E-state index in [2.05, 4.69) is 6.92 Å². The average molecular weight is 163 g/mol.